The number of hydrogen-bond donors (Lipinski definition) is 3. The van der Waals surface area contributed by atoms with E-state index in [0.717, 1.165) is 5.56 Å². The summed E-state index contributed by atoms with van der Waals surface area (Å²) in [6.45, 7) is 0.752. The second-order valence-corrected chi connectivity index (χ2v) is 8.57. The second-order valence-electron chi connectivity index (χ2n) is 7.67. The molecule has 3 amide bonds. The molecule has 3 rings (SSSR count). The first-order valence-electron chi connectivity index (χ1n) is 11.1. The number of phenolic OH excluding ortho intramolecular Hbond substituents is 1. The van der Waals surface area contributed by atoms with E-state index < -0.39 is 6.04 Å². The number of nitrogens with zero attached hydrogens (tertiary/aromatic N) is 2. The Morgan fingerprint density at radius 1 is 1.09 bits per heavy atom. The monoisotopic (exact) mass is 496 g/mol. The number of anilines is 1. The van der Waals surface area contributed by atoms with Crippen molar-refractivity contribution in [2.75, 3.05) is 25.6 Å². The van der Waals surface area contributed by atoms with Crippen molar-refractivity contribution in [1.29, 1.82) is 0 Å². The SMILES string of the molecule is COCCNC(=O)[C@@H](c1ccc(O)cc1)N(Cc1ccccc1)C(=O)CCC(=O)Nc1nccs1. The highest BCUT2D eigenvalue weighted by atomic mass is 32.1. The lowest BCUT2D eigenvalue weighted by Gasteiger charge is -2.31. The summed E-state index contributed by atoms with van der Waals surface area (Å²) in [5.41, 5.74) is 1.37. The summed E-state index contributed by atoms with van der Waals surface area (Å²) in [7, 11) is 1.53. The highest BCUT2D eigenvalue weighted by Crippen LogP contribution is 2.26. The van der Waals surface area contributed by atoms with Gasteiger partial charge in [-0.25, -0.2) is 4.98 Å². The highest BCUT2D eigenvalue weighted by molar-refractivity contribution is 7.13. The Bertz CT molecular complexity index is 1090. The van der Waals surface area contributed by atoms with Crippen LogP contribution in [0.5, 0.6) is 5.75 Å². The first-order chi connectivity index (χ1) is 17.0. The lowest BCUT2D eigenvalue weighted by atomic mass is 10.0. The van der Waals surface area contributed by atoms with E-state index in [1.165, 1.54) is 35.5 Å². The molecule has 0 radical (unpaired) electrons. The summed E-state index contributed by atoms with van der Waals surface area (Å²) < 4.78 is 5.03. The zero-order valence-electron chi connectivity index (χ0n) is 19.3. The summed E-state index contributed by atoms with van der Waals surface area (Å²) in [5.74, 6) is -1.03. The first-order valence-corrected chi connectivity index (χ1v) is 11.9. The van der Waals surface area contributed by atoms with Gasteiger partial charge >= 0.3 is 0 Å². The quantitative estimate of drug-likeness (QED) is 0.332. The number of carbonyl (C=O) groups is 3. The number of methoxy groups -OCH3 is 1. The largest absolute Gasteiger partial charge is 0.508 e. The minimum atomic E-state index is -0.970. The number of phenols is 1. The summed E-state index contributed by atoms with van der Waals surface area (Å²) >= 11 is 1.29. The molecule has 9 nitrogen and oxygen atoms in total. The number of aromatic nitrogens is 1. The third-order valence-electron chi connectivity index (χ3n) is 5.13. The van der Waals surface area contributed by atoms with Crippen molar-refractivity contribution in [3.63, 3.8) is 0 Å². The average Bonchev–Trinajstić information content (AvgIpc) is 3.37. The van der Waals surface area contributed by atoms with E-state index in [-0.39, 0.29) is 49.4 Å². The zero-order chi connectivity index (χ0) is 25.0. The van der Waals surface area contributed by atoms with E-state index in [1.54, 1.807) is 23.7 Å². The van der Waals surface area contributed by atoms with E-state index in [4.69, 9.17) is 4.74 Å². The van der Waals surface area contributed by atoms with Crippen LogP contribution in [-0.2, 0) is 25.7 Å². The maximum absolute atomic E-state index is 13.4. The van der Waals surface area contributed by atoms with Gasteiger partial charge in [0.15, 0.2) is 5.13 Å². The number of thiazole rings is 1. The minimum Gasteiger partial charge on any atom is -0.508 e. The Balaban J connectivity index is 1.85. The molecule has 2 aromatic carbocycles. The summed E-state index contributed by atoms with van der Waals surface area (Å²) in [6.07, 6.45) is 1.43. The maximum atomic E-state index is 13.4. The van der Waals surface area contributed by atoms with Crippen LogP contribution in [0.2, 0.25) is 0 Å². The molecule has 3 aromatic rings. The molecule has 0 saturated carbocycles. The van der Waals surface area contributed by atoms with Gasteiger partial charge in [-0.2, -0.15) is 0 Å². The van der Waals surface area contributed by atoms with Crippen molar-refractivity contribution >= 4 is 34.2 Å². The Hall–Kier alpha value is -3.76. The number of rotatable bonds is 12. The Kier molecular flexibility index (Phi) is 9.76. The zero-order valence-corrected chi connectivity index (χ0v) is 20.2. The van der Waals surface area contributed by atoms with Crippen molar-refractivity contribution in [1.82, 2.24) is 15.2 Å². The molecule has 3 N–H and O–H groups in total. The average molecular weight is 497 g/mol. The van der Waals surface area contributed by atoms with Gasteiger partial charge in [-0.1, -0.05) is 42.5 Å². The molecule has 1 atom stereocenters. The van der Waals surface area contributed by atoms with Crippen LogP contribution < -0.4 is 10.6 Å². The van der Waals surface area contributed by atoms with Gasteiger partial charge in [-0.3, -0.25) is 14.4 Å². The Morgan fingerprint density at radius 2 is 1.83 bits per heavy atom. The van der Waals surface area contributed by atoms with Gasteiger partial charge in [0.05, 0.1) is 6.61 Å². The van der Waals surface area contributed by atoms with E-state index in [9.17, 15) is 19.5 Å². The van der Waals surface area contributed by atoms with Gasteiger partial charge in [0, 0.05) is 44.6 Å². The molecule has 0 aliphatic carbocycles. The predicted octanol–water partition coefficient (Wildman–Crippen LogP) is 3.10. The fourth-order valence-electron chi connectivity index (χ4n) is 3.44. The molecule has 10 heteroatoms. The Labute approximate surface area is 207 Å². The number of amides is 3. The molecule has 0 unspecified atom stereocenters. The van der Waals surface area contributed by atoms with Gasteiger partial charge in [0.2, 0.25) is 17.7 Å². The number of hydrogen-bond acceptors (Lipinski definition) is 7. The second kappa shape index (κ2) is 13.2. The maximum Gasteiger partial charge on any atom is 0.247 e. The molecule has 0 fully saturated rings. The molecule has 1 aromatic heterocycles. The molecular weight excluding hydrogens is 468 g/mol. The molecule has 0 saturated heterocycles. The number of ether oxygens (including phenoxy) is 1. The summed E-state index contributed by atoms with van der Waals surface area (Å²) in [5, 5.41) is 17.4. The molecule has 0 spiro atoms. The van der Waals surface area contributed by atoms with Crippen LogP contribution in [0, 0.1) is 0 Å². The van der Waals surface area contributed by atoms with Gasteiger partial charge in [-0.15, -0.1) is 11.3 Å². The number of nitrogens with one attached hydrogen (secondary N) is 2. The first kappa shape index (κ1) is 25.9. The summed E-state index contributed by atoms with van der Waals surface area (Å²) in [6, 6.07) is 14.5. The van der Waals surface area contributed by atoms with Crippen molar-refractivity contribution < 1.29 is 24.2 Å². The fourth-order valence-corrected chi connectivity index (χ4v) is 3.98. The van der Waals surface area contributed by atoms with Crippen molar-refractivity contribution in [3.05, 3.63) is 77.3 Å². The molecular formula is C25H28N4O5S. The minimum absolute atomic E-state index is 0.0482. The van der Waals surface area contributed by atoms with Crippen LogP contribution in [0.3, 0.4) is 0 Å². The molecule has 1 heterocycles. The van der Waals surface area contributed by atoms with Crippen molar-refractivity contribution in [2.24, 2.45) is 0 Å². The van der Waals surface area contributed by atoms with Crippen LogP contribution in [0.4, 0.5) is 5.13 Å². The standard InChI is InChI=1S/C25H28N4O5S/c1-34-15-13-26-24(33)23(19-7-9-20(30)10-8-19)29(17-18-5-3-2-4-6-18)22(32)12-11-21(31)28-25-27-14-16-35-25/h2-10,14,16,23,30H,11-13,15,17H2,1H3,(H,26,33)(H,27,28,31)/t23-/m1/s1. The molecule has 35 heavy (non-hydrogen) atoms. The number of carbonyl (C=O) groups excluding carboxylic acids is 3. The topological polar surface area (TPSA) is 121 Å². The molecule has 184 valence electrons. The van der Waals surface area contributed by atoms with E-state index in [2.05, 4.69) is 15.6 Å². The van der Waals surface area contributed by atoms with Crippen LogP contribution in [0.1, 0.15) is 30.0 Å². The summed E-state index contributed by atoms with van der Waals surface area (Å²) in [4.78, 5) is 44.5. The van der Waals surface area contributed by atoms with Gasteiger partial charge < -0.3 is 25.4 Å². The van der Waals surface area contributed by atoms with E-state index in [1.807, 2.05) is 30.3 Å². The van der Waals surface area contributed by atoms with Gasteiger partial charge in [0.25, 0.3) is 0 Å². The molecule has 0 aliphatic heterocycles. The normalized spacial score (nSPS) is 11.5. The Morgan fingerprint density at radius 3 is 2.49 bits per heavy atom. The highest BCUT2D eigenvalue weighted by Gasteiger charge is 2.31. The molecule has 0 bridgehead atoms. The van der Waals surface area contributed by atoms with Crippen LogP contribution in [0.25, 0.3) is 0 Å². The third kappa shape index (κ3) is 7.90. The predicted molar refractivity (Wildman–Crippen MR) is 133 cm³/mol. The molecule has 0 aliphatic rings. The van der Waals surface area contributed by atoms with Gasteiger partial charge in [0.1, 0.15) is 11.8 Å². The van der Waals surface area contributed by atoms with E-state index in [0.29, 0.717) is 17.3 Å². The number of aromatic hydroxyl groups is 1. The van der Waals surface area contributed by atoms with Crippen molar-refractivity contribution in [2.45, 2.75) is 25.4 Å². The van der Waals surface area contributed by atoms with Crippen LogP contribution in [0.15, 0.2) is 66.2 Å². The smallest absolute Gasteiger partial charge is 0.247 e. The lowest BCUT2D eigenvalue weighted by molar-refractivity contribution is -0.142. The van der Waals surface area contributed by atoms with Crippen LogP contribution >= 0.6 is 11.3 Å². The van der Waals surface area contributed by atoms with E-state index >= 15 is 0 Å². The lowest BCUT2D eigenvalue weighted by Crippen LogP contribution is -2.44. The van der Waals surface area contributed by atoms with Crippen LogP contribution in [-0.4, -0.2) is 53.0 Å². The number of benzene rings is 2. The van der Waals surface area contributed by atoms with Crippen molar-refractivity contribution in [3.8, 4) is 5.75 Å². The third-order valence-corrected chi connectivity index (χ3v) is 5.82. The fraction of sp³-hybridized carbons (Fsp3) is 0.280. The van der Waals surface area contributed by atoms with Gasteiger partial charge in [-0.05, 0) is 23.3 Å².